The third-order valence-corrected chi connectivity index (χ3v) is 6.86. The maximum Gasteiger partial charge on any atom is 0.234 e. The molecule has 4 rings (SSSR count). The number of benzene rings is 1. The Labute approximate surface area is 182 Å². The summed E-state index contributed by atoms with van der Waals surface area (Å²) in [5.41, 5.74) is 0.986. The summed E-state index contributed by atoms with van der Waals surface area (Å²) in [5.74, 6) is 0.917. The van der Waals surface area contributed by atoms with Crippen molar-refractivity contribution in [3.05, 3.63) is 23.2 Å². The number of hydrogen-bond donors (Lipinski definition) is 2. The Hall–Kier alpha value is -1.74. The minimum Gasteiger partial charge on any atom is -0.491 e. The van der Waals surface area contributed by atoms with Crippen LogP contribution in [-0.4, -0.2) is 83.8 Å². The van der Waals surface area contributed by atoms with E-state index < -0.39 is 6.10 Å². The van der Waals surface area contributed by atoms with Gasteiger partial charge in [0, 0.05) is 38.8 Å². The number of fused-ring (bicyclic) bond motifs is 1. The Morgan fingerprint density at radius 2 is 2.00 bits per heavy atom. The molecule has 30 heavy (non-hydrogen) atoms. The Morgan fingerprint density at radius 1 is 1.27 bits per heavy atom. The molecule has 1 aliphatic carbocycles. The quantitative estimate of drug-likeness (QED) is 0.665. The molecule has 1 aromatic heterocycles. The van der Waals surface area contributed by atoms with Gasteiger partial charge >= 0.3 is 0 Å². The normalized spacial score (nSPS) is 19.9. The van der Waals surface area contributed by atoms with E-state index in [1.165, 1.54) is 12.8 Å². The van der Waals surface area contributed by atoms with E-state index in [0.717, 1.165) is 60.0 Å². The number of aryl methyl sites for hydroxylation is 1. The van der Waals surface area contributed by atoms with Crippen LogP contribution in [0, 0.1) is 6.92 Å². The lowest BCUT2D eigenvalue weighted by Gasteiger charge is -2.35. The number of piperazine rings is 1. The molecule has 1 aliphatic heterocycles. The van der Waals surface area contributed by atoms with Crippen LogP contribution in [0.2, 0.25) is 0 Å². The minimum absolute atomic E-state index is 0.150. The van der Waals surface area contributed by atoms with Crippen LogP contribution >= 0.6 is 11.3 Å². The van der Waals surface area contributed by atoms with Crippen molar-refractivity contribution < 1.29 is 14.6 Å². The topological polar surface area (TPSA) is 77.9 Å². The number of β-amino-alcohol motifs (C(OH)–C–C–N with tert-alkyl or cyclic N) is 1. The molecule has 2 fully saturated rings. The summed E-state index contributed by atoms with van der Waals surface area (Å²) in [6.45, 7) is 6.77. The summed E-state index contributed by atoms with van der Waals surface area (Å²) >= 11 is 1.65. The molecule has 1 saturated heterocycles. The second kappa shape index (κ2) is 10.0. The maximum absolute atomic E-state index is 12.2. The molecule has 1 atom stereocenters. The first-order chi connectivity index (χ1) is 14.5. The zero-order valence-corrected chi connectivity index (χ0v) is 18.5. The van der Waals surface area contributed by atoms with E-state index in [0.29, 0.717) is 19.1 Å². The molecule has 2 N–H and O–H groups in total. The summed E-state index contributed by atoms with van der Waals surface area (Å²) in [5, 5.41) is 14.6. The van der Waals surface area contributed by atoms with Gasteiger partial charge in [-0.05, 0) is 38.0 Å². The average molecular weight is 433 g/mol. The standard InChI is InChI=1S/C22H32N4O3S/c1-16-23-20-7-6-19(12-21(20)30-16)29-15-18(27)13-25-8-10-26(11-9-25)14-22(28)24-17-4-2-3-5-17/h6-7,12,17-18,27H,2-5,8-11,13-15H2,1H3,(H,24,28)/t18-/m1/s1. The van der Waals surface area contributed by atoms with Gasteiger partial charge in [0.1, 0.15) is 18.5 Å². The molecule has 2 aliphatic rings. The van der Waals surface area contributed by atoms with Crippen LogP contribution in [0.4, 0.5) is 0 Å². The Kier molecular flexibility index (Phi) is 7.20. The van der Waals surface area contributed by atoms with Crippen molar-refractivity contribution in [2.45, 2.75) is 44.8 Å². The summed E-state index contributed by atoms with van der Waals surface area (Å²) in [7, 11) is 0. The molecular formula is C22H32N4O3S. The fraction of sp³-hybridized carbons (Fsp3) is 0.636. The minimum atomic E-state index is -0.541. The van der Waals surface area contributed by atoms with E-state index in [1.54, 1.807) is 11.3 Å². The fourth-order valence-corrected chi connectivity index (χ4v) is 5.19. The molecule has 1 saturated carbocycles. The Bertz CT molecular complexity index is 844. The first-order valence-electron chi connectivity index (χ1n) is 11.0. The first-order valence-corrected chi connectivity index (χ1v) is 11.8. The van der Waals surface area contributed by atoms with Crippen LogP contribution < -0.4 is 10.1 Å². The van der Waals surface area contributed by atoms with Crippen molar-refractivity contribution in [1.82, 2.24) is 20.1 Å². The SMILES string of the molecule is Cc1nc2ccc(OC[C@H](O)CN3CCN(CC(=O)NC4CCCC4)CC3)cc2s1. The van der Waals surface area contributed by atoms with E-state index >= 15 is 0 Å². The number of rotatable bonds is 8. The van der Waals surface area contributed by atoms with E-state index in [1.807, 2.05) is 25.1 Å². The highest BCUT2D eigenvalue weighted by Crippen LogP contribution is 2.26. The van der Waals surface area contributed by atoms with Crippen LogP contribution in [0.1, 0.15) is 30.7 Å². The lowest BCUT2D eigenvalue weighted by Crippen LogP contribution is -2.52. The molecule has 0 bridgehead atoms. The van der Waals surface area contributed by atoms with Crippen LogP contribution in [0.25, 0.3) is 10.2 Å². The van der Waals surface area contributed by atoms with E-state index in [2.05, 4.69) is 20.1 Å². The number of thiazole rings is 1. The highest BCUT2D eigenvalue weighted by Gasteiger charge is 2.23. The second-order valence-electron chi connectivity index (χ2n) is 8.45. The largest absolute Gasteiger partial charge is 0.491 e. The van der Waals surface area contributed by atoms with Gasteiger partial charge in [0.15, 0.2) is 0 Å². The summed E-state index contributed by atoms with van der Waals surface area (Å²) in [6, 6.07) is 6.24. The van der Waals surface area contributed by atoms with Gasteiger partial charge in [-0.3, -0.25) is 14.6 Å². The number of carbonyl (C=O) groups is 1. The van der Waals surface area contributed by atoms with Gasteiger partial charge in [0.05, 0.1) is 21.8 Å². The molecule has 2 heterocycles. The first kappa shape index (κ1) is 21.5. The predicted octanol–water partition coefficient (Wildman–Crippen LogP) is 2.02. The van der Waals surface area contributed by atoms with Gasteiger partial charge in [-0.25, -0.2) is 4.98 Å². The molecule has 164 valence electrons. The van der Waals surface area contributed by atoms with Crippen LogP contribution in [0.5, 0.6) is 5.75 Å². The number of amides is 1. The van der Waals surface area contributed by atoms with Crippen molar-refractivity contribution in [3.8, 4) is 5.75 Å². The zero-order valence-electron chi connectivity index (χ0n) is 17.7. The molecule has 0 spiro atoms. The average Bonchev–Trinajstić information content (AvgIpc) is 3.35. The van der Waals surface area contributed by atoms with Crippen molar-refractivity contribution in [1.29, 1.82) is 0 Å². The van der Waals surface area contributed by atoms with Crippen LogP contribution in [0.15, 0.2) is 18.2 Å². The van der Waals surface area contributed by atoms with Gasteiger partial charge in [-0.2, -0.15) is 0 Å². The predicted molar refractivity (Wildman–Crippen MR) is 119 cm³/mol. The van der Waals surface area contributed by atoms with Gasteiger partial charge in [-0.15, -0.1) is 11.3 Å². The molecule has 1 aromatic carbocycles. The summed E-state index contributed by atoms with van der Waals surface area (Å²) in [4.78, 5) is 21.1. The summed E-state index contributed by atoms with van der Waals surface area (Å²) in [6.07, 6.45) is 4.17. The van der Waals surface area contributed by atoms with Crippen molar-refractivity contribution in [2.75, 3.05) is 45.9 Å². The zero-order chi connectivity index (χ0) is 20.9. The smallest absolute Gasteiger partial charge is 0.234 e. The number of carbonyl (C=O) groups excluding carboxylic acids is 1. The third kappa shape index (κ3) is 5.91. The molecule has 7 nitrogen and oxygen atoms in total. The van der Waals surface area contributed by atoms with Gasteiger partial charge in [0.2, 0.25) is 5.91 Å². The van der Waals surface area contributed by atoms with E-state index in [4.69, 9.17) is 4.74 Å². The number of nitrogens with one attached hydrogen (secondary N) is 1. The Morgan fingerprint density at radius 3 is 2.77 bits per heavy atom. The highest BCUT2D eigenvalue weighted by atomic mass is 32.1. The van der Waals surface area contributed by atoms with Gasteiger partial charge in [0.25, 0.3) is 0 Å². The second-order valence-corrected chi connectivity index (χ2v) is 9.69. The molecular weight excluding hydrogens is 400 g/mol. The number of aliphatic hydroxyl groups is 1. The van der Waals surface area contributed by atoms with Crippen LogP contribution in [-0.2, 0) is 4.79 Å². The monoisotopic (exact) mass is 432 g/mol. The Balaban J connectivity index is 1.15. The number of hydrogen-bond acceptors (Lipinski definition) is 7. The highest BCUT2D eigenvalue weighted by molar-refractivity contribution is 7.18. The van der Waals surface area contributed by atoms with Gasteiger partial charge < -0.3 is 15.2 Å². The van der Waals surface area contributed by atoms with E-state index in [9.17, 15) is 9.90 Å². The fourth-order valence-electron chi connectivity index (χ4n) is 4.33. The lowest BCUT2D eigenvalue weighted by atomic mass is 10.2. The number of ether oxygens (including phenoxy) is 1. The third-order valence-electron chi connectivity index (χ3n) is 5.93. The molecule has 0 unspecified atom stereocenters. The van der Waals surface area contributed by atoms with Crippen LogP contribution in [0.3, 0.4) is 0 Å². The number of nitrogens with zero attached hydrogens (tertiary/aromatic N) is 3. The molecule has 0 radical (unpaired) electrons. The maximum atomic E-state index is 12.2. The van der Waals surface area contributed by atoms with Gasteiger partial charge in [-0.1, -0.05) is 12.8 Å². The molecule has 1 amide bonds. The number of aliphatic hydroxyl groups excluding tert-OH is 1. The number of aromatic nitrogens is 1. The molecule has 8 heteroatoms. The van der Waals surface area contributed by atoms with Crippen molar-refractivity contribution in [3.63, 3.8) is 0 Å². The van der Waals surface area contributed by atoms with E-state index in [-0.39, 0.29) is 12.5 Å². The van der Waals surface area contributed by atoms with Crippen molar-refractivity contribution >= 4 is 27.5 Å². The summed E-state index contributed by atoms with van der Waals surface area (Å²) < 4.78 is 6.91. The molecule has 2 aromatic rings. The lowest BCUT2D eigenvalue weighted by molar-refractivity contribution is -0.123. The van der Waals surface area contributed by atoms with Crippen molar-refractivity contribution in [2.24, 2.45) is 0 Å².